The van der Waals surface area contributed by atoms with Crippen molar-refractivity contribution in [1.29, 1.82) is 0 Å². The Hall–Kier alpha value is -1.87. The topological polar surface area (TPSA) is 46.5 Å². The fourth-order valence-corrected chi connectivity index (χ4v) is 1.20. The van der Waals surface area contributed by atoms with Crippen molar-refractivity contribution in [3.63, 3.8) is 0 Å². The molecule has 90 valence electrons. The molecule has 1 N–H and O–H groups in total. The number of carbonyl (C=O) groups excluding carboxylic acids is 1. The summed E-state index contributed by atoms with van der Waals surface area (Å²) in [6.07, 6.45) is 5.49. The minimum atomic E-state index is -0.351. The molecule has 0 aromatic heterocycles. The van der Waals surface area contributed by atoms with Crippen LogP contribution >= 0.6 is 0 Å². The Bertz CT molecular complexity index is 405. The van der Waals surface area contributed by atoms with Crippen LogP contribution in [0.25, 0.3) is 6.08 Å². The van der Waals surface area contributed by atoms with Crippen LogP contribution in [-0.2, 0) is 9.53 Å². The third-order valence-corrected chi connectivity index (χ3v) is 2.08. The van der Waals surface area contributed by atoms with Crippen molar-refractivity contribution in [3.8, 4) is 0 Å². The van der Waals surface area contributed by atoms with Crippen LogP contribution < -0.4 is 0 Å². The monoisotopic (exact) mass is 232 g/mol. The second kappa shape index (κ2) is 7.41. The number of hydrogen-bond acceptors (Lipinski definition) is 3. The minimum absolute atomic E-state index is 0.119. The Balaban J connectivity index is 2.55. The Morgan fingerprint density at radius 3 is 2.65 bits per heavy atom. The molecule has 0 spiro atoms. The summed E-state index contributed by atoms with van der Waals surface area (Å²) in [6.45, 7) is 1.35. The smallest absolute Gasteiger partial charge is 0.302 e. The van der Waals surface area contributed by atoms with Crippen LogP contribution in [0, 0.1) is 0 Å². The summed E-state index contributed by atoms with van der Waals surface area (Å²) in [5.41, 5.74) is 1.74. The van der Waals surface area contributed by atoms with E-state index < -0.39 is 0 Å². The zero-order valence-electron chi connectivity index (χ0n) is 9.80. The van der Waals surface area contributed by atoms with E-state index in [2.05, 4.69) is 0 Å². The highest BCUT2D eigenvalue weighted by Gasteiger charge is 1.97. The lowest BCUT2D eigenvalue weighted by molar-refractivity contribution is -0.140. The molecule has 1 rings (SSSR count). The van der Waals surface area contributed by atoms with Crippen LogP contribution in [0.15, 0.2) is 48.1 Å². The number of ether oxygens (including phenoxy) is 1. The van der Waals surface area contributed by atoms with Gasteiger partial charge >= 0.3 is 5.97 Å². The molecule has 3 heteroatoms. The van der Waals surface area contributed by atoms with Crippen molar-refractivity contribution in [3.05, 3.63) is 53.6 Å². The maximum absolute atomic E-state index is 10.6. The number of allylic oxidation sites excluding steroid dienone is 2. The fourth-order valence-electron chi connectivity index (χ4n) is 1.20. The number of aliphatic hydroxyl groups is 1. The molecule has 0 heterocycles. The molecule has 0 amide bonds. The highest BCUT2D eigenvalue weighted by molar-refractivity contribution is 5.66. The van der Waals surface area contributed by atoms with Crippen LogP contribution in [0.1, 0.15) is 12.5 Å². The molecule has 0 unspecified atom stereocenters. The number of benzene rings is 1. The fraction of sp³-hybridized carbons (Fsp3) is 0.214. The molecule has 0 saturated heterocycles. The van der Waals surface area contributed by atoms with Gasteiger partial charge < -0.3 is 9.84 Å². The summed E-state index contributed by atoms with van der Waals surface area (Å²) >= 11 is 0. The SMILES string of the molecule is CC(=O)OC/C(=C\C=C\c1ccccc1)CO. The molecule has 0 atom stereocenters. The van der Waals surface area contributed by atoms with Gasteiger partial charge in [0.1, 0.15) is 6.61 Å². The van der Waals surface area contributed by atoms with Crippen molar-refractivity contribution in [2.45, 2.75) is 6.92 Å². The van der Waals surface area contributed by atoms with E-state index >= 15 is 0 Å². The van der Waals surface area contributed by atoms with E-state index in [9.17, 15) is 4.79 Å². The maximum atomic E-state index is 10.6. The van der Waals surface area contributed by atoms with Gasteiger partial charge in [0.15, 0.2) is 0 Å². The van der Waals surface area contributed by atoms with E-state index in [1.165, 1.54) is 6.92 Å². The molecule has 1 aromatic carbocycles. The van der Waals surface area contributed by atoms with Crippen LogP contribution in [-0.4, -0.2) is 24.3 Å². The molecule has 0 fully saturated rings. The van der Waals surface area contributed by atoms with E-state index in [1.807, 2.05) is 42.5 Å². The van der Waals surface area contributed by atoms with Crippen LogP contribution in [0.5, 0.6) is 0 Å². The van der Waals surface area contributed by atoms with Crippen molar-refractivity contribution in [2.24, 2.45) is 0 Å². The molecule has 0 aliphatic carbocycles. The molecular weight excluding hydrogens is 216 g/mol. The summed E-state index contributed by atoms with van der Waals surface area (Å²) in [5, 5.41) is 9.04. The van der Waals surface area contributed by atoms with Gasteiger partial charge in [0.05, 0.1) is 6.61 Å². The second-order valence-corrected chi connectivity index (χ2v) is 3.53. The standard InChI is InChI=1S/C14H16O3/c1-12(16)17-11-14(10-15)9-5-8-13-6-3-2-4-7-13/h2-9,15H,10-11H2,1H3/b8-5+,14-9-. The lowest BCUT2D eigenvalue weighted by atomic mass is 10.2. The lowest BCUT2D eigenvalue weighted by Gasteiger charge is -2.02. The van der Waals surface area contributed by atoms with Gasteiger partial charge in [-0.05, 0) is 11.1 Å². The van der Waals surface area contributed by atoms with Gasteiger partial charge in [-0.2, -0.15) is 0 Å². The Labute approximate surface area is 101 Å². The predicted molar refractivity (Wildman–Crippen MR) is 67.3 cm³/mol. The average Bonchev–Trinajstić information content (AvgIpc) is 2.34. The molecule has 3 nitrogen and oxygen atoms in total. The van der Waals surface area contributed by atoms with Crippen molar-refractivity contribution in [1.82, 2.24) is 0 Å². The quantitative estimate of drug-likeness (QED) is 0.625. The zero-order valence-corrected chi connectivity index (χ0v) is 9.80. The largest absolute Gasteiger partial charge is 0.461 e. The van der Waals surface area contributed by atoms with Crippen LogP contribution in [0.4, 0.5) is 0 Å². The molecule has 0 aliphatic heterocycles. The van der Waals surface area contributed by atoms with Gasteiger partial charge in [-0.25, -0.2) is 0 Å². The number of rotatable bonds is 5. The van der Waals surface area contributed by atoms with Crippen LogP contribution in [0.2, 0.25) is 0 Å². The molecule has 0 radical (unpaired) electrons. The summed E-state index contributed by atoms with van der Waals surface area (Å²) < 4.78 is 4.80. The first-order valence-corrected chi connectivity index (χ1v) is 5.37. The van der Waals surface area contributed by atoms with Gasteiger partial charge in [0.2, 0.25) is 0 Å². The summed E-state index contributed by atoms with van der Waals surface area (Å²) in [4.78, 5) is 10.6. The Morgan fingerprint density at radius 2 is 2.06 bits per heavy atom. The summed E-state index contributed by atoms with van der Waals surface area (Å²) in [5.74, 6) is -0.351. The molecule has 0 aliphatic rings. The first-order valence-electron chi connectivity index (χ1n) is 5.37. The van der Waals surface area contributed by atoms with E-state index in [0.29, 0.717) is 5.57 Å². The van der Waals surface area contributed by atoms with Crippen molar-refractivity contribution in [2.75, 3.05) is 13.2 Å². The Morgan fingerprint density at radius 1 is 1.35 bits per heavy atom. The Kier molecular flexibility index (Phi) is 5.75. The van der Waals surface area contributed by atoms with Gasteiger partial charge in [-0.3, -0.25) is 4.79 Å². The minimum Gasteiger partial charge on any atom is -0.461 e. The number of hydrogen-bond donors (Lipinski definition) is 1. The number of esters is 1. The summed E-state index contributed by atoms with van der Waals surface area (Å²) in [7, 11) is 0. The number of carbonyl (C=O) groups is 1. The van der Waals surface area contributed by atoms with Gasteiger partial charge in [-0.15, -0.1) is 0 Å². The molecule has 0 bridgehead atoms. The van der Waals surface area contributed by atoms with Crippen molar-refractivity contribution >= 4 is 12.0 Å². The normalized spacial score (nSPS) is 11.8. The van der Waals surface area contributed by atoms with E-state index in [1.54, 1.807) is 6.08 Å². The third-order valence-electron chi connectivity index (χ3n) is 2.08. The lowest BCUT2D eigenvalue weighted by Crippen LogP contribution is -2.05. The van der Waals surface area contributed by atoms with Crippen molar-refractivity contribution < 1.29 is 14.6 Å². The first-order chi connectivity index (χ1) is 8.22. The highest BCUT2D eigenvalue weighted by Crippen LogP contribution is 2.02. The van der Waals surface area contributed by atoms with E-state index in [0.717, 1.165) is 5.56 Å². The van der Waals surface area contributed by atoms with Crippen LogP contribution in [0.3, 0.4) is 0 Å². The third kappa shape index (κ3) is 5.68. The molecule has 17 heavy (non-hydrogen) atoms. The maximum Gasteiger partial charge on any atom is 0.302 e. The van der Waals surface area contributed by atoms with Gasteiger partial charge in [-0.1, -0.05) is 48.6 Å². The highest BCUT2D eigenvalue weighted by atomic mass is 16.5. The second-order valence-electron chi connectivity index (χ2n) is 3.53. The van der Waals surface area contributed by atoms with Gasteiger partial charge in [0.25, 0.3) is 0 Å². The molecule has 0 saturated carbocycles. The molecular formula is C14H16O3. The average molecular weight is 232 g/mol. The van der Waals surface area contributed by atoms with E-state index in [4.69, 9.17) is 9.84 Å². The zero-order chi connectivity index (χ0) is 12.5. The first kappa shape index (κ1) is 13.2. The summed E-state index contributed by atoms with van der Waals surface area (Å²) in [6, 6.07) is 9.82. The van der Waals surface area contributed by atoms with Gasteiger partial charge in [0, 0.05) is 6.92 Å². The number of aliphatic hydroxyl groups excluding tert-OH is 1. The molecule has 1 aromatic rings. The van der Waals surface area contributed by atoms with E-state index in [-0.39, 0.29) is 19.2 Å². The predicted octanol–water partition coefficient (Wildman–Crippen LogP) is 2.18.